The zero-order chi connectivity index (χ0) is 14.8. The lowest BCUT2D eigenvalue weighted by molar-refractivity contribution is 0.303. The monoisotopic (exact) mass is 301 g/mol. The highest BCUT2D eigenvalue weighted by atomic mass is 35.5. The Morgan fingerprint density at radius 3 is 2.76 bits per heavy atom. The number of para-hydroxylation sites is 1. The summed E-state index contributed by atoms with van der Waals surface area (Å²) in [5.41, 5.74) is 8.66. The van der Waals surface area contributed by atoms with E-state index < -0.39 is 0 Å². The van der Waals surface area contributed by atoms with Crippen LogP contribution in [0.5, 0.6) is 5.75 Å². The minimum Gasteiger partial charge on any atom is -0.487 e. The topological polar surface area (TPSA) is 48.4 Å². The highest BCUT2D eigenvalue weighted by Crippen LogP contribution is 2.30. The van der Waals surface area contributed by atoms with Crippen molar-refractivity contribution in [2.75, 3.05) is 0 Å². The first kappa shape index (κ1) is 14.0. The normalized spacial score (nSPS) is 11.0. The molecule has 0 atom stereocenters. The van der Waals surface area contributed by atoms with Crippen molar-refractivity contribution in [3.05, 3.63) is 64.4 Å². The minimum atomic E-state index is 0.342. The smallest absolute Gasteiger partial charge is 0.138 e. The van der Waals surface area contributed by atoms with Crippen LogP contribution in [0.2, 0.25) is 5.02 Å². The largest absolute Gasteiger partial charge is 0.487 e. The summed E-state index contributed by atoms with van der Waals surface area (Å²) >= 11 is 6.19. The summed E-state index contributed by atoms with van der Waals surface area (Å²) in [5, 5.41) is 1.64. The van der Waals surface area contributed by atoms with Crippen molar-refractivity contribution in [1.29, 1.82) is 0 Å². The van der Waals surface area contributed by atoms with Gasteiger partial charge in [-0.05, 0) is 30.7 Å². The predicted octanol–water partition coefficient (Wildman–Crippen LogP) is 4.43. The van der Waals surface area contributed by atoms with Gasteiger partial charge in [-0.3, -0.25) is 0 Å². The number of halogens is 1. The van der Waals surface area contributed by atoms with Crippen molar-refractivity contribution in [2.24, 2.45) is 5.73 Å². The minimum absolute atomic E-state index is 0.342. The van der Waals surface area contributed by atoms with Gasteiger partial charge in [0.05, 0.1) is 11.6 Å². The summed E-state index contributed by atoms with van der Waals surface area (Å²) < 4.78 is 11.6. The maximum atomic E-state index is 6.19. The SMILES string of the molecule is Cc1ccc(OCc2c(CN)oc3ccccc23)c(Cl)c1. The van der Waals surface area contributed by atoms with E-state index >= 15 is 0 Å². The van der Waals surface area contributed by atoms with Crippen LogP contribution >= 0.6 is 11.6 Å². The molecule has 0 aliphatic heterocycles. The molecule has 0 saturated heterocycles. The van der Waals surface area contributed by atoms with Crippen molar-refractivity contribution >= 4 is 22.6 Å². The van der Waals surface area contributed by atoms with Crippen LogP contribution in [0.15, 0.2) is 46.9 Å². The second kappa shape index (κ2) is 5.80. The summed E-state index contributed by atoms with van der Waals surface area (Å²) in [4.78, 5) is 0. The van der Waals surface area contributed by atoms with Crippen LogP contribution < -0.4 is 10.5 Å². The average molecular weight is 302 g/mol. The van der Waals surface area contributed by atoms with Crippen molar-refractivity contribution in [3.8, 4) is 5.75 Å². The van der Waals surface area contributed by atoms with E-state index in [1.165, 1.54) is 0 Å². The zero-order valence-electron chi connectivity index (χ0n) is 11.7. The number of ether oxygens (including phenoxy) is 1. The summed E-state index contributed by atoms with van der Waals surface area (Å²) in [7, 11) is 0. The molecule has 4 heteroatoms. The highest BCUT2D eigenvalue weighted by Gasteiger charge is 2.13. The lowest BCUT2D eigenvalue weighted by atomic mass is 10.1. The molecule has 3 rings (SSSR count). The molecule has 0 aliphatic rings. The molecule has 1 aromatic heterocycles. The fourth-order valence-corrected chi connectivity index (χ4v) is 2.64. The summed E-state index contributed by atoms with van der Waals surface area (Å²) in [6.45, 7) is 2.72. The first-order valence-electron chi connectivity index (χ1n) is 6.77. The second-order valence-electron chi connectivity index (χ2n) is 4.93. The molecular formula is C17H16ClNO2. The van der Waals surface area contributed by atoms with Crippen molar-refractivity contribution in [2.45, 2.75) is 20.1 Å². The van der Waals surface area contributed by atoms with E-state index in [1.807, 2.05) is 49.4 Å². The van der Waals surface area contributed by atoms with Gasteiger partial charge in [0.1, 0.15) is 23.7 Å². The molecule has 108 valence electrons. The molecule has 3 nitrogen and oxygen atoms in total. The predicted molar refractivity (Wildman–Crippen MR) is 84.6 cm³/mol. The van der Waals surface area contributed by atoms with Crippen LogP contribution in [-0.4, -0.2) is 0 Å². The van der Waals surface area contributed by atoms with Crippen molar-refractivity contribution < 1.29 is 9.15 Å². The number of hydrogen-bond donors (Lipinski definition) is 1. The Hall–Kier alpha value is -1.97. The average Bonchev–Trinajstić information content (AvgIpc) is 2.84. The van der Waals surface area contributed by atoms with Gasteiger partial charge in [0.25, 0.3) is 0 Å². The number of furan rings is 1. The molecule has 0 saturated carbocycles. The fraction of sp³-hybridized carbons (Fsp3) is 0.176. The van der Waals surface area contributed by atoms with E-state index in [0.717, 1.165) is 27.9 Å². The number of nitrogens with two attached hydrogens (primary N) is 1. The summed E-state index contributed by atoms with van der Waals surface area (Å²) in [6.07, 6.45) is 0. The number of benzene rings is 2. The molecule has 0 unspecified atom stereocenters. The van der Waals surface area contributed by atoms with E-state index in [0.29, 0.717) is 23.9 Å². The van der Waals surface area contributed by atoms with E-state index in [-0.39, 0.29) is 0 Å². The van der Waals surface area contributed by atoms with Crippen molar-refractivity contribution in [3.63, 3.8) is 0 Å². The Balaban J connectivity index is 1.91. The van der Waals surface area contributed by atoms with Crippen molar-refractivity contribution in [1.82, 2.24) is 0 Å². The molecule has 0 bridgehead atoms. The Morgan fingerprint density at radius 1 is 1.19 bits per heavy atom. The Labute approximate surface area is 128 Å². The lowest BCUT2D eigenvalue weighted by Crippen LogP contribution is -2.02. The number of rotatable bonds is 4. The van der Waals surface area contributed by atoms with Gasteiger partial charge in [0, 0.05) is 10.9 Å². The van der Waals surface area contributed by atoms with Crippen LogP contribution in [0, 0.1) is 6.92 Å². The van der Waals surface area contributed by atoms with Gasteiger partial charge in [-0.25, -0.2) is 0 Å². The van der Waals surface area contributed by atoms with Crippen LogP contribution in [-0.2, 0) is 13.2 Å². The second-order valence-corrected chi connectivity index (χ2v) is 5.33. The van der Waals surface area contributed by atoms with Gasteiger partial charge in [0.2, 0.25) is 0 Å². The number of fused-ring (bicyclic) bond motifs is 1. The van der Waals surface area contributed by atoms with Crippen LogP contribution in [0.3, 0.4) is 0 Å². The number of hydrogen-bond acceptors (Lipinski definition) is 3. The highest BCUT2D eigenvalue weighted by molar-refractivity contribution is 6.32. The molecule has 21 heavy (non-hydrogen) atoms. The van der Waals surface area contributed by atoms with Gasteiger partial charge < -0.3 is 14.9 Å². The standard InChI is InChI=1S/C17H16ClNO2/c1-11-6-7-16(14(18)8-11)20-10-13-12-4-2-3-5-15(12)21-17(13)9-19/h2-8H,9-10,19H2,1H3. The Morgan fingerprint density at radius 2 is 2.00 bits per heavy atom. The number of aryl methyl sites for hydroxylation is 1. The third kappa shape index (κ3) is 2.75. The zero-order valence-corrected chi connectivity index (χ0v) is 12.5. The van der Waals surface area contributed by atoms with E-state index in [9.17, 15) is 0 Å². The molecule has 0 spiro atoms. The van der Waals surface area contributed by atoms with Gasteiger partial charge in [-0.15, -0.1) is 0 Å². The van der Waals surface area contributed by atoms with Gasteiger partial charge in [-0.1, -0.05) is 35.9 Å². The lowest BCUT2D eigenvalue weighted by Gasteiger charge is -2.08. The maximum absolute atomic E-state index is 6.19. The first-order valence-corrected chi connectivity index (χ1v) is 7.15. The van der Waals surface area contributed by atoms with Gasteiger partial charge in [0.15, 0.2) is 0 Å². The molecule has 0 fully saturated rings. The van der Waals surface area contributed by atoms with Crippen LogP contribution in [0.1, 0.15) is 16.9 Å². The summed E-state index contributed by atoms with van der Waals surface area (Å²) in [6, 6.07) is 13.6. The van der Waals surface area contributed by atoms with E-state index in [4.69, 9.17) is 26.5 Å². The van der Waals surface area contributed by atoms with Crippen LogP contribution in [0.4, 0.5) is 0 Å². The molecule has 1 heterocycles. The van der Waals surface area contributed by atoms with Gasteiger partial charge in [-0.2, -0.15) is 0 Å². The molecule has 0 radical (unpaired) electrons. The third-order valence-electron chi connectivity index (χ3n) is 3.43. The molecule has 2 aromatic carbocycles. The molecule has 0 amide bonds. The maximum Gasteiger partial charge on any atom is 0.138 e. The molecular weight excluding hydrogens is 286 g/mol. The third-order valence-corrected chi connectivity index (χ3v) is 3.72. The molecule has 0 aliphatic carbocycles. The quantitative estimate of drug-likeness (QED) is 0.775. The van der Waals surface area contributed by atoms with Crippen LogP contribution in [0.25, 0.3) is 11.0 Å². The van der Waals surface area contributed by atoms with E-state index in [2.05, 4.69) is 0 Å². The van der Waals surface area contributed by atoms with E-state index in [1.54, 1.807) is 0 Å². The molecule has 3 aromatic rings. The Bertz CT molecular complexity index is 780. The first-order chi connectivity index (χ1) is 10.2. The summed E-state index contributed by atoms with van der Waals surface area (Å²) in [5.74, 6) is 1.41. The fourth-order valence-electron chi connectivity index (χ4n) is 2.35. The van der Waals surface area contributed by atoms with Gasteiger partial charge >= 0.3 is 0 Å². The molecule has 2 N–H and O–H groups in total. The Kier molecular flexibility index (Phi) is 3.86.